The van der Waals surface area contributed by atoms with E-state index in [1.54, 1.807) is 19.1 Å². The van der Waals surface area contributed by atoms with Crippen LogP contribution in [0.3, 0.4) is 0 Å². The first kappa shape index (κ1) is 22.9. The number of aryl methyl sites for hydroxylation is 1. The highest BCUT2D eigenvalue weighted by atomic mass is 32.2. The molecule has 176 valence electrons. The molecule has 1 amide bonds. The summed E-state index contributed by atoms with van der Waals surface area (Å²) in [5.41, 5.74) is 6.86. The molecule has 3 N–H and O–H groups in total. The zero-order valence-electron chi connectivity index (χ0n) is 18.0. The smallest absolute Gasteiger partial charge is 0.387 e. The van der Waals surface area contributed by atoms with Crippen molar-refractivity contribution in [2.75, 3.05) is 12.4 Å². The Morgan fingerprint density at radius 2 is 2.09 bits per heavy atom. The van der Waals surface area contributed by atoms with Gasteiger partial charge in [-0.25, -0.2) is 22.7 Å². The number of hydrogen-bond acceptors (Lipinski definition) is 7. The number of carbonyl (C=O) groups excluding carboxylic acids is 1. The van der Waals surface area contributed by atoms with E-state index in [0.29, 0.717) is 30.5 Å². The monoisotopic (exact) mass is 479 g/mol. The summed E-state index contributed by atoms with van der Waals surface area (Å²) in [6.07, 6.45) is 2.79. The highest BCUT2D eigenvalue weighted by Crippen LogP contribution is 2.44. The number of guanidine groups is 1. The second-order valence-corrected chi connectivity index (χ2v) is 10.2. The number of alkyl halides is 2. The van der Waals surface area contributed by atoms with Crippen molar-refractivity contribution < 1.29 is 26.7 Å². The summed E-state index contributed by atoms with van der Waals surface area (Å²) in [5.74, 6) is -0.816. The van der Waals surface area contributed by atoms with Crippen molar-refractivity contribution in [2.24, 2.45) is 10.7 Å². The molecule has 0 spiro atoms. The highest BCUT2D eigenvalue weighted by Gasteiger charge is 2.51. The largest absolute Gasteiger partial charge is 0.433 e. The van der Waals surface area contributed by atoms with Crippen molar-refractivity contribution >= 4 is 27.6 Å². The van der Waals surface area contributed by atoms with Crippen LogP contribution in [0.15, 0.2) is 41.5 Å². The van der Waals surface area contributed by atoms with E-state index in [2.05, 4.69) is 20.0 Å². The summed E-state index contributed by atoms with van der Waals surface area (Å²) >= 11 is 0. The molecule has 0 saturated heterocycles. The lowest BCUT2D eigenvalue weighted by Gasteiger charge is -2.41. The van der Waals surface area contributed by atoms with E-state index >= 15 is 0 Å². The van der Waals surface area contributed by atoms with Crippen LogP contribution in [0.1, 0.15) is 41.4 Å². The number of hydrogen-bond donors (Lipinski definition) is 2. The van der Waals surface area contributed by atoms with Crippen LogP contribution in [-0.4, -0.2) is 48.5 Å². The summed E-state index contributed by atoms with van der Waals surface area (Å²) < 4.78 is 56.0. The number of ether oxygens (including phenoxy) is 1. The van der Waals surface area contributed by atoms with Crippen LogP contribution in [0.25, 0.3) is 0 Å². The van der Waals surface area contributed by atoms with Gasteiger partial charge >= 0.3 is 6.61 Å². The molecule has 4 rings (SSSR count). The molecule has 0 bridgehead atoms. The molecular weight excluding hydrogens is 456 g/mol. The number of amides is 1. The van der Waals surface area contributed by atoms with Gasteiger partial charge in [0.25, 0.3) is 5.91 Å². The Hall–Kier alpha value is -3.28. The van der Waals surface area contributed by atoms with Crippen molar-refractivity contribution in [3.05, 3.63) is 53.3 Å². The topological polar surface area (TPSA) is 127 Å². The number of pyridine rings is 1. The van der Waals surface area contributed by atoms with Gasteiger partial charge in [-0.2, -0.15) is 8.78 Å². The molecule has 0 unspecified atom stereocenters. The Bertz CT molecular complexity index is 1220. The molecule has 1 aliphatic carbocycles. The Morgan fingerprint density at radius 1 is 1.33 bits per heavy atom. The Balaban J connectivity index is 1.66. The average Bonchev–Trinajstić information content (AvgIpc) is 2.89. The third-order valence-electron chi connectivity index (χ3n) is 6.06. The summed E-state index contributed by atoms with van der Waals surface area (Å²) in [5, 5.41) is 1.92. The molecule has 33 heavy (non-hydrogen) atoms. The van der Waals surface area contributed by atoms with Crippen LogP contribution in [0.5, 0.6) is 5.75 Å². The molecular formula is C21H23F2N5O4S. The van der Waals surface area contributed by atoms with Gasteiger partial charge in [0.15, 0.2) is 0 Å². The first-order valence-corrected chi connectivity index (χ1v) is 11.7. The lowest BCUT2D eigenvalue weighted by Crippen LogP contribution is -2.56. The SMILES string of the molecule is CN1C(N)=N[C@]2(C)c3cc(NC(=O)c4ccc(OC(F)F)cn4)ccc3CCC[C@@H]2S1(=O)=O. The van der Waals surface area contributed by atoms with Gasteiger partial charge in [0.05, 0.1) is 6.20 Å². The summed E-state index contributed by atoms with van der Waals surface area (Å²) in [7, 11) is -2.32. The summed E-state index contributed by atoms with van der Waals surface area (Å²) in [6.45, 7) is -1.25. The van der Waals surface area contributed by atoms with Gasteiger partial charge in [-0.05, 0) is 61.6 Å². The molecule has 1 aromatic carbocycles. The minimum absolute atomic E-state index is 0.000202. The maximum atomic E-state index is 13.1. The van der Waals surface area contributed by atoms with Gasteiger partial charge in [-0.1, -0.05) is 6.07 Å². The zero-order chi connectivity index (χ0) is 24.0. The van der Waals surface area contributed by atoms with Crippen LogP contribution in [0.2, 0.25) is 0 Å². The number of nitrogens with zero attached hydrogens (tertiary/aromatic N) is 3. The van der Waals surface area contributed by atoms with Crippen LogP contribution >= 0.6 is 0 Å². The fourth-order valence-electron chi connectivity index (χ4n) is 4.36. The van der Waals surface area contributed by atoms with Crippen molar-refractivity contribution in [3.63, 3.8) is 0 Å². The minimum Gasteiger partial charge on any atom is -0.433 e. The van der Waals surface area contributed by atoms with E-state index in [0.717, 1.165) is 16.1 Å². The van der Waals surface area contributed by atoms with Crippen molar-refractivity contribution in [1.29, 1.82) is 0 Å². The number of sulfonamides is 1. The molecule has 0 radical (unpaired) electrons. The first-order chi connectivity index (χ1) is 15.5. The number of halogens is 2. The summed E-state index contributed by atoms with van der Waals surface area (Å²) in [6, 6.07) is 7.74. The van der Waals surface area contributed by atoms with E-state index in [1.165, 1.54) is 19.2 Å². The van der Waals surface area contributed by atoms with Gasteiger partial charge in [0.1, 0.15) is 22.2 Å². The number of fused-ring (bicyclic) bond motifs is 3. The quantitative estimate of drug-likeness (QED) is 0.694. The Kier molecular flexibility index (Phi) is 5.72. The van der Waals surface area contributed by atoms with Crippen molar-refractivity contribution in [2.45, 2.75) is 43.6 Å². The van der Waals surface area contributed by atoms with E-state index in [4.69, 9.17) is 5.73 Å². The van der Waals surface area contributed by atoms with Gasteiger partial charge < -0.3 is 15.8 Å². The zero-order valence-corrected chi connectivity index (χ0v) is 18.8. The fourth-order valence-corrected chi connectivity index (χ4v) is 6.27. The highest BCUT2D eigenvalue weighted by molar-refractivity contribution is 7.90. The van der Waals surface area contributed by atoms with Crippen LogP contribution < -0.4 is 15.8 Å². The molecule has 9 nitrogen and oxygen atoms in total. The van der Waals surface area contributed by atoms with Gasteiger partial charge in [0, 0.05) is 12.7 Å². The molecule has 0 fully saturated rings. The van der Waals surface area contributed by atoms with Gasteiger partial charge in [0.2, 0.25) is 16.0 Å². The molecule has 2 aromatic rings. The predicted molar refractivity (Wildman–Crippen MR) is 118 cm³/mol. The molecule has 2 atom stereocenters. The van der Waals surface area contributed by atoms with Gasteiger partial charge in [-0.15, -0.1) is 0 Å². The van der Waals surface area contributed by atoms with E-state index in [-0.39, 0.29) is 17.4 Å². The first-order valence-electron chi connectivity index (χ1n) is 10.2. The molecule has 2 heterocycles. The number of anilines is 1. The lowest BCUT2D eigenvalue weighted by atomic mass is 9.86. The average molecular weight is 480 g/mol. The molecule has 0 saturated carbocycles. The predicted octanol–water partition coefficient (Wildman–Crippen LogP) is 2.45. The molecule has 12 heteroatoms. The van der Waals surface area contributed by atoms with E-state index in [9.17, 15) is 22.0 Å². The van der Waals surface area contributed by atoms with E-state index < -0.39 is 33.3 Å². The van der Waals surface area contributed by atoms with Crippen LogP contribution in [0, 0.1) is 0 Å². The molecule has 1 aromatic heterocycles. The lowest BCUT2D eigenvalue weighted by molar-refractivity contribution is -0.0500. The molecule has 1 aliphatic heterocycles. The Morgan fingerprint density at radius 3 is 2.76 bits per heavy atom. The normalized spacial score (nSPS) is 23.7. The van der Waals surface area contributed by atoms with E-state index in [1.807, 2.05) is 6.07 Å². The number of aliphatic imine (C=N–C) groups is 1. The fraction of sp³-hybridized carbons (Fsp3) is 0.381. The third kappa shape index (κ3) is 4.10. The maximum Gasteiger partial charge on any atom is 0.387 e. The van der Waals surface area contributed by atoms with Gasteiger partial charge in [-0.3, -0.25) is 4.79 Å². The number of nitrogens with two attached hydrogens (primary N) is 1. The number of rotatable bonds is 4. The summed E-state index contributed by atoms with van der Waals surface area (Å²) in [4.78, 5) is 21.1. The molecule has 2 aliphatic rings. The number of aromatic nitrogens is 1. The minimum atomic E-state index is -3.71. The second-order valence-electron chi connectivity index (χ2n) is 8.09. The van der Waals surface area contributed by atoms with Crippen molar-refractivity contribution in [3.8, 4) is 5.75 Å². The Labute approximate surface area is 189 Å². The van der Waals surface area contributed by atoms with Crippen molar-refractivity contribution in [1.82, 2.24) is 9.29 Å². The van der Waals surface area contributed by atoms with Crippen LogP contribution in [-0.2, 0) is 22.0 Å². The number of benzene rings is 1. The third-order valence-corrected chi connectivity index (χ3v) is 8.42. The number of carbonyl (C=O) groups is 1. The standard InChI is InChI=1S/C21H23F2N5O4S/c1-21-15-10-13(26-18(29)16-9-8-14(11-25-16)32-19(22)23)7-6-12(15)4-3-5-17(21)33(30,31)28(2)20(24)27-21/h6-11,17,19H,3-5H2,1-2H3,(H2,24,27)(H,26,29)/t17-,21+/m0/s1. The van der Waals surface area contributed by atoms with Crippen LogP contribution in [0.4, 0.5) is 14.5 Å². The number of nitrogens with one attached hydrogen (secondary N) is 1. The maximum absolute atomic E-state index is 13.1. The second kappa shape index (κ2) is 8.25.